The van der Waals surface area contributed by atoms with Crippen molar-refractivity contribution < 1.29 is 14.5 Å². The normalized spacial score (nSPS) is 9.40. The number of benzene rings is 1. The second-order valence-electron chi connectivity index (χ2n) is 1.96. The first kappa shape index (κ1) is 7.02. The lowest BCUT2D eigenvalue weighted by atomic mass is 10.2. The minimum absolute atomic E-state index is 0.363. The molecule has 0 N–H and O–H groups in total. The summed E-state index contributed by atoms with van der Waals surface area (Å²) >= 11 is 0. The number of rotatable bonds is 2. The van der Waals surface area contributed by atoms with Gasteiger partial charge in [-0.1, -0.05) is 12.1 Å². The zero-order chi connectivity index (χ0) is 7.40. The first-order valence-corrected chi connectivity index (χ1v) is 2.85. The van der Waals surface area contributed by atoms with Crippen LogP contribution in [0.15, 0.2) is 24.3 Å². The maximum atomic E-state index is 11.1. The highest BCUT2D eigenvalue weighted by atomic mass is 19.3. The molecule has 0 aliphatic rings. The Labute approximate surface area is 58.0 Å². The molecule has 0 radical (unpaired) electrons. The van der Waals surface area contributed by atoms with E-state index < -0.39 is 0 Å². The summed E-state index contributed by atoms with van der Waals surface area (Å²) in [5.74, 6) is 0.363. The summed E-state index contributed by atoms with van der Waals surface area (Å²) in [5, 5.41) is 2.98. The third-order valence-electron chi connectivity index (χ3n) is 1.12. The van der Waals surface area contributed by atoms with Gasteiger partial charge in [0.05, 0.1) is 0 Å². The molecule has 0 bridgehead atoms. The van der Waals surface area contributed by atoms with Gasteiger partial charge in [-0.15, -0.1) is 0 Å². The molecule has 3 heteroatoms. The van der Waals surface area contributed by atoms with Crippen molar-refractivity contribution in [1.29, 1.82) is 0 Å². The lowest BCUT2D eigenvalue weighted by Crippen LogP contribution is -1.86. The smallest absolute Gasteiger partial charge is 0.169 e. The van der Waals surface area contributed by atoms with E-state index in [1.165, 1.54) is 0 Å². The van der Waals surface area contributed by atoms with Crippen molar-refractivity contribution in [3.63, 3.8) is 0 Å². The monoisotopic (exact) mass is 142 g/mol. The van der Waals surface area contributed by atoms with Crippen LogP contribution in [0.1, 0.15) is 5.56 Å². The van der Waals surface area contributed by atoms with Crippen LogP contribution in [0.2, 0.25) is 0 Å². The first-order valence-electron chi connectivity index (χ1n) is 2.85. The molecule has 1 aromatic carbocycles. The van der Waals surface area contributed by atoms with Crippen LogP contribution in [0.5, 0.6) is 5.75 Å². The van der Waals surface area contributed by atoms with Gasteiger partial charge in [0.2, 0.25) is 0 Å². The molecule has 0 aliphatic heterocycles. The molecule has 0 amide bonds. The van der Waals surface area contributed by atoms with E-state index in [0.717, 1.165) is 5.56 Å². The molecule has 0 aliphatic carbocycles. The van der Waals surface area contributed by atoms with Crippen molar-refractivity contribution in [2.45, 2.75) is 6.92 Å². The molecule has 0 saturated carbocycles. The van der Waals surface area contributed by atoms with E-state index in [1.54, 1.807) is 18.2 Å². The van der Waals surface area contributed by atoms with E-state index >= 15 is 0 Å². The quantitative estimate of drug-likeness (QED) is 0.465. The van der Waals surface area contributed by atoms with Gasteiger partial charge < -0.3 is 4.89 Å². The summed E-state index contributed by atoms with van der Waals surface area (Å²) < 4.78 is 11.1. The summed E-state index contributed by atoms with van der Waals surface area (Å²) in [7, 11) is 0. The van der Waals surface area contributed by atoms with Gasteiger partial charge in [-0.2, -0.15) is 0 Å². The predicted molar refractivity (Wildman–Crippen MR) is 34.0 cm³/mol. The van der Waals surface area contributed by atoms with Crippen molar-refractivity contribution in [3.8, 4) is 5.75 Å². The highest BCUT2D eigenvalue weighted by Crippen LogP contribution is 2.12. The minimum Gasteiger partial charge on any atom is -0.304 e. The minimum atomic E-state index is 0.363. The molecule has 0 aromatic heterocycles. The van der Waals surface area contributed by atoms with E-state index in [0.29, 0.717) is 5.75 Å². The van der Waals surface area contributed by atoms with Crippen LogP contribution < -0.4 is 4.89 Å². The van der Waals surface area contributed by atoms with Crippen molar-refractivity contribution in [2.75, 3.05) is 0 Å². The fourth-order valence-electron chi connectivity index (χ4n) is 0.704. The molecule has 0 fully saturated rings. The van der Waals surface area contributed by atoms with E-state index in [2.05, 4.69) is 9.98 Å². The Hall–Kier alpha value is -1.09. The molecule has 1 rings (SSSR count). The highest BCUT2D eigenvalue weighted by molar-refractivity contribution is 5.26. The molecular formula is C7H7FO2. The Morgan fingerprint density at radius 3 is 2.80 bits per heavy atom. The molecule has 0 atom stereocenters. The fourth-order valence-corrected chi connectivity index (χ4v) is 0.704. The average molecular weight is 142 g/mol. The van der Waals surface area contributed by atoms with Crippen LogP contribution in [0, 0.1) is 6.92 Å². The number of hydrogen-bond acceptors (Lipinski definition) is 2. The van der Waals surface area contributed by atoms with Gasteiger partial charge >= 0.3 is 0 Å². The SMILES string of the molecule is Cc1cccc(OOF)c1. The van der Waals surface area contributed by atoms with Crippen molar-refractivity contribution in [2.24, 2.45) is 0 Å². The highest BCUT2D eigenvalue weighted by Gasteiger charge is 1.92. The van der Waals surface area contributed by atoms with Crippen LogP contribution in [0.3, 0.4) is 0 Å². The summed E-state index contributed by atoms with van der Waals surface area (Å²) in [6, 6.07) is 6.90. The van der Waals surface area contributed by atoms with Gasteiger partial charge in [0, 0.05) is 5.09 Å². The van der Waals surface area contributed by atoms with Crippen LogP contribution >= 0.6 is 0 Å². The standard InChI is InChI=1S/C7H7FO2/c1-6-3-2-4-7(5-6)9-10-8/h2-5H,1H3. The topological polar surface area (TPSA) is 18.5 Å². The first-order chi connectivity index (χ1) is 4.83. The van der Waals surface area contributed by atoms with Gasteiger partial charge in [-0.05, 0) is 29.1 Å². The maximum Gasteiger partial charge on any atom is 0.169 e. The van der Waals surface area contributed by atoms with Gasteiger partial charge in [0.15, 0.2) is 5.75 Å². The van der Waals surface area contributed by atoms with Crippen molar-refractivity contribution in [3.05, 3.63) is 29.8 Å². The summed E-state index contributed by atoms with van der Waals surface area (Å²) in [4.78, 5) is 4.12. The number of aryl methyl sites for hydroxylation is 1. The maximum absolute atomic E-state index is 11.1. The number of hydrogen-bond donors (Lipinski definition) is 0. The Kier molecular flexibility index (Phi) is 2.23. The van der Waals surface area contributed by atoms with Gasteiger partial charge in [0.1, 0.15) is 0 Å². The lowest BCUT2D eigenvalue weighted by molar-refractivity contribution is -0.367. The third-order valence-corrected chi connectivity index (χ3v) is 1.12. The Bertz CT molecular complexity index is 213. The summed E-state index contributed by atoms with van der Waals surface area (Å²) in [6.07, 6.45) is 0. The van der Waals surface area contributed by atoms with Crippen molar-refractivity contribution >= 4 is 0 Å². The second kappa shape index (κ2) is 3.17. The molecule has 0 unspecified atom stereocenters. The zero-order valence-electron chi connectivity index (χ0n) is 5.50. The molecule has 0 spiro atoms. The molecule has 2 nitrogen and oxygen atoms in total. The molecule has 0 saturated heterocycles. The summed E-state index contributed by atoms with van der Waals surface area (Å²) in [6.45, 7) is 1.88. The summed E-state index contributed by atoms with van der Waals surface area (Å²) in [5.41, 5.74) is 0.995. The third kappa shape index (κ3) is 1.70. The van der Waals surface area contributed by atoms with Gasteiger partial charge in [0.25, 0.3) is 0 Å². The van der Waals surface area contributed by atoms with E-state index in [9.17, 15) is 4.53 Å². The van der Waals surface area contributed by atoms with Crippen molar-refractivity contribution in [1.82, 2.24) is 0 Å². The van der Waals surface area contributed by atoms with Crippen LogP contribution in [-0.4, -0.2) is 0 Å². The fraction of sp³-hybridized carbons (Fsp3) is 0.143. The number of halogens is 1. The molecule has 1 aromatic rings. The van der Waals surface area contributed by atoms with Crippen LogP contribution in [0.25, 0.3) is 0 Å². The van der Waals surface area contributed by atoms with E-state index in [1.807, 2.05) is 13.0 Å². The van der Waals surface area contributed by atoms with E-state index in [-0.39, 0.29) is 0 Å². The average Bonchev–Trinajstić information content (AvgIpc) is 1.88. The zero-order valence-corrected chi connectivity index (χ0v) is 5.50. The molecule has 0 heterocycles. The van der Waals surface area contributed by atoms with Crippen LogP contribution in [-0.2, 0) is 5.09 Å². The molecule has 10 heavy (non-hydrogen) atoms. The van der Waals surface area contributed by atoms with E-state index in [4.69, 9.17) is 0 Å². The lowest BCUT2D eigenvalue weighted by Gasteiger charge is -1.96. The Morgan fingerprint density at radius 1 is 1.40 bits per heavy atom. The molecule has 54 valence electrons. The Morgan fingerprint density at radius 2 is 2.20 bits per heavy atom. The van der Waals surface area contributed by atoms with Gasteiger partial charge in [-0.3, -0.25) is 0 Å². The second-order valence-corrected chi connectivity index (χ2v) is 1.96. The van der Waals surface area contributed by atoms with Gasteiger partial charge in [-0.25, -0.2) is 0 Å². The predicted octanol–water partition coefficient (Wildman–Crippen LogP) is 2.19. The Balaban J connectivity index is 2.75. The molecular weight excluding hydrogens is 135 g/mol. The van der Waals surface area contributed by atoms with Crippen LogP contribution in [0.4, 0.5) is 4.53 Å². The largest absolute Gasteiger partial charge is 0.304 e.